The van der Waals surface area contributed by atoms with E-state index in [4.69, 9.17) is 4.74 Å². The van der Waals surface area contributed by atoms with Crippen LogP contribution < -0.4 is 15.8 Å². The largest absolute Gasteiger partial charge is 0.392 e. The van der Waals surface area contributed by atoms with Gasteiger partial charge >= 0.3 is 0 Å². The molecule has 1 spiro atoms. The highest BCUT2D eigenvalue weighted by Gasteiger charge is 2.50. The Morgan fingerprint density at radius 3 is 2.52 bits per heavy atom. The average molecular weight is 618 g/mol. The summed E-state index contributed by atoms with van der Waals surface area (Å²) in [7, 11) is 1.66. The van der Waals surface area contributed by atoms with Crippen LogP contribution in [0.4, 0.5) is 17.2 Å². The first kappa shape index (κ1) is 29.6. The van der Waals surface area contributed by atoms with Gasteiger partial charge in [0.1, 0.15) is 11.5 Å². The van der Waals surface area contributed by atoms with E-state index in [2.05, 4.69) is 16.9 Å². The molecule has 0 saturated carbocycles. The molecule has 2 N–H and O–H groups in total. The van der Waals surface area contributed by atoms with Crippen LogP contribution >= 0.6 is 0 Å². The molecule has 2 amide bonds. The number of aliphatic hydroxyl groups is 1. The van der Waals surface area contributed by atoms with Crippen LogP contribution in [0.1, 0.15) is 44.3 Å². The van der Waals surface area contributed by atoms with E-state index < -0.39 is 0 Å². The predicted octanol–water partition coefficient (Wildman–Crippen LogP) is 4.39. The van der Waals surface area contributed by atoms with Gasteiger partial charge in [-0.3, -0.25) is 14.4 Å². The van der Waals surface area contributed by atoms with Crippen molar-refractivity contribution in [3.8, 4) is 11.1 Å². The van der Waals surface area contributed by atoms with E-state index in [-0.39, 0.29) is 35.1 Å². The van der Waals surface area contributed by atoms with E-state index in [1.165, 1.54) is 10.8 Å². The molecular weight excluding hydrogens is 582 g/mol. The Bertz CT molecular complexity index is 1950. The van der Waals surface area contributed by atoms with Crippen LogP contribution in [0.5, 0.6) is 0 Å². The van der Waals surface area contributed by atoms with E-state index in [1.807, 2.05) is 43.3 Å². The molecule has 0 bridgehead atoms. The third kappa shape index (κ3) is 5.09. The van der Waals surface area contributed by atoms with Gasteiger partial charge in [-0.1, -0.05) is 36.4 Å². The molecule has 0 unspecified atom stereocenters. The van der Waals surface area contributed by atoms with Crippen molar-refractivity contribution in [3.63, 3.8) is 0 Å². The molecule has 4 aromatic rings. The average Bonchev–Trinajstić information content (AvgIpc) is 3.01. The van der Waals surface area contributed by atoms with Gasteiger partial charge in [-0.25, -0.2) is 4.98 Å². The molecule has 5 heterocycles. The molecule has 2 saturated heterocycles. The number of likely N-dealkylation sites (tertiary alicyclic amines) is 1. The summed E-state index contributed by atoms with van der Waals surface area (Å²) in [5.41, 5.74) is 6.83. The molecule has 10 nitrogen and oxygen atoms in total. The zero-order valence-electron chi connectivity index (χ0n) is 25.9. The number of rotatable bonds is 7. The van der Waals surface area contributed by atoms with Gasteiger partial charge in [-0.05, 0) is 60.4 Å². The van der Waals surface area contributed by atoms with Crippen LogP contribution in [0.15, 0.2) is 78.4 Å². The number of allylic oxidation sites excluding steroid dienone is 1. The first-order valence-corrected chi connectivity index (χ1v) is 15.3. The maximum absolute atomic E-state index is 13.7. The van der Waals surface area contributed by atoms with Crippen LogP contribution in [0.2, 0.25) is 0 Å². The number of hydrogen-bond acceptors (Lipinski definition) is 7. The van der Waals surface area contributed by atoms with Crippen LogP contribution in [0.25, 0.3) is 16.7 Å². The fraction of sp³-hybridized carbons (Fsp3) is 0.278. The number of aryl methyl sites for hydroxylation is 1. The Morgan fingerprint density at radius 1 is 1.07 bits per heavy atom. The highest BCUT2D eigenvalue weighted by molar-refractivity contribution is 6.09. The van der Waals surface area contributed by atoms with E-state index in [0.29, 0.717) is 78.6 Å². The molecule has 234 valence electrons. The maximum Gasteiger partial charge on any atom is 0.274 e. The number of aromatic nitrogens is 2. The van der Waals surface area contributed by atoms with Crippen LogP contribution in [-0.2, 0) is 24.8 Å². The van der Waals surface area contributed by atoms with E-state index in [0.717, 1.165) is 16.7 Å². The van der Waals surface area contributed by atoms with Gasteiger partial charge in [0.05, 0.1) is 36.5 Å². The normalized spacial score (nSPS) is 16.5. The Morgan fingerprint density at radius 2 is 1.85 bits per heavy atom. The van der Waals surface area contributed by atoms with Crippen LogP contribution in [-0.4, -0.2) is 64.2 Å². The van der Waals surface area contributed by atoms with Crippen molar-refractivity contribution in [2.24, 2.45) is 12.5 Å². The Kier molecular flexibility index (Phi) is 7.33. The number of pyridine rings is 2. The van der Waals surface area contributed by atoms with Crippen molar-refractivity contribution in [1.29, 1.82) is 0 Å². The summed E-state index contributed by atoms with van der Waals surface area (Å²) in [6.45, 7) is 8.94. The minimum Gasteiger partial charge on any atom is -0.392 e. The summed E-state index contributed by atoms with van der Waals surface area (Å²) >= 11 is 0. The van der Waals surface area contributed by atoms with Crippen molar-refractivity contribution < 1.29 is 19.4 Å². The number of benzene rings is 2. The van der Waals surface area contributed by atoms with Gasteiger partial charge in [-0.15, -0.1) is 0 Å². The minimum atomic E-state index is -0.301. The summed E-state index contributed by atoms with van der Waals surface area (Å²) in [5.74, 6) is 0.225. The number of carbonyl (C=O) groups excluding carboxylic acids is 2. The number of hydrogen-bond donors (Lipinski definition) is 2. The molecule has 2 aromatic carbocycles. The Balaban J connectivity index is 1.14. The number of aliphatic hydroxyl groups excluding tert-OH is 1. The molecule has 0 aliphatic carbocycles. The fourth-order valence-corrected chi connectivity index (χ4v) is 6.59. The van der Waals surface area contributed by atoms with E-state index in [1.54, 1.807) is 41.2 Å². The quantitative estimate of drug-likeness (QED) is 0.316. The lowest BCUT2D eigenvalue weighted by molar-refractivity contribution is -0.176. The molecule has 3 aliphatic rings. The van der Waals surface area contributed by atoms with Crippen molar-refractivity contribution >= 4 is 34.6 Å². The van der Waals surface area contributed by atoms with E-state index in [9.17, 15) is 19.5 Å². The molecule has 3 aliphatic heterocycles. The molecule has 2 fully saturated rings. The summed E-state index contributed by atoms with van der Waals surface area (Å²) in [6.07, 6.45) is 3.90. The topological polar surface area (TPSA) is 117 Å². The highest BCUT2D eigenvalue weighted by atomic mass is 16.5. The molecule has 0 atom stereocenters. The van der Waals surface area contributed by atoms with Gasteiger partial charge in [0, 0.05) is 55.8 Å². The Hall–Kier alpha value is -5.06. The van der Waals surface area contributed by atoms with E-state index >= 15 is 0 Å². The van der Waals surface area contributed by atoms with Gasteiger partial charge in [0.2, 0.25) is 0 Å². The number of carbonyl (C=O) groups is 2. The lowest BCUT2D eigenvalue weighted by Crippen LogP contribution is -2.67. The number of ether oxygens (including phenoxy) is 1. The second kappa shape index (κ2) is 11.4. The van der Waals surface area contributed by atoms with Crippen LogP contribution in [0, 0.1) is 5.41 Å². The lowest BCUT2D eigenvalue weighted by atomic mass is 9.78. The van der Waals surface area contributed by atoms with Crippen molar-refractivity contribution in [3.05, 3.63) is 112 Å². The molecule has 0 radical (unpaired) electrons. The number of nitrogens with zero attached hydrogens (tertiary/aromatic N) is 4. The number of amides is 2. The van der Waals surface area contributed by atoms with Crippen LogP contribution in [0.3, 0.4) is 0 Å². The van der Waals surface area contributed by atoms with Crippen molar-refractivity contribution in [2.75, 3.05) is 43.1 Å². The summed E-state index contributed by atoms with van der Waals surface area (Å²) in [6, 6.07) is 16.5. The molecule has 2 aromatic heterocycles. The first-order valence-electron chi connectivity index (χ1n) is 15.3. The molecule has 7 rings (SSSR count). The SMILES string of the molecule is C=C(C)c1ccc2c(c1)CCN(c1cccc(-c3cc(Nc4ccc(C(=O)N5CC6(COC6)C5)cn4)c(=O)n(C)c3)c1CO)C2=O. The molecule has 10 heteroatoms. The predicted molar refractivity (Wildman–Crippen MR) is 176 cm³/mol. The van der Waals surface area contributed by atoms with Gasteiger partial charge in [0.15, 0.2) is 0 Å². The number of nitrogens with one attached hydrogen (secondary N) is 1. The standard InChI is InChI=1S/C36H35N5O5/c1-22(2)23-7-9-28-24(13-23)11-12-41(34(28)44)31-6-4-5-27(29(31)17-42)26-14-30(35(45)39(3)16-26)38-32-10-8-25(15-37-32)33(43)40-18-36(19-40)20-46-21-36/h4-10,13-16,42H,1,11-12,17-21H2,2-3H3,(H,37,38). The third-order valence-electron chi connectivity index (χ3n) is 9.20. The number of fused-ring (bicyclic) bond motifs is 1. The highest BCUT2D eigenvalue weighted by Crippen LogP contribution is 2.38. The maximum atomic E-state index is 13.7. The van der Waals surface area contributed by atoms with Crippen molar-refractivity contribution in [2.45, 2.75) is 20.0 Å². The zero-order valence-corrected chi connectivity index (χ0v) is 25.9. The third-order valence-corrected chi connectivity index (χ3v) is 9.20. The summed E-state index contributed by atoms with van der Waals surface area (Å²) in [5, 5.41) is 13.7. The monoisotopic (exact) mass is 617 g/mol. The second-order valence-corrected chi connectivity index (χ2v) is 12.6. The molecular formula is C36H35N5O5. The second-order valence-electron chi connectivity index (χ2n) is 12.6. The first-order chi connectivity index (χ1) is 22.2. The van der Waals surface area contributed by atoms with Gasteiger partial charge < -0.3 is 29.5 Å². The lowest BCUT2D eigenvalue weighted by Gasteiger charge is -2.54. The smallest absolute Gasteiger partial charge is 0.274 e. The number of anilines is 3. The van der Waals surface area contributed by atoms with Crippen molar-refractivity contribution in [1.82, 2.24) is 14.5 Å². The summed E-state index contributed by atoms with van der Waals surface area (Å²) < 4.78 is 6.76. The fourth-order valence-electron chi connectivity index (χ4n) is 6.59. The molecule has 46 heavy (non-hydrogen) atoms. The Labute approximate surface area is 266 Å². The van der Waals surface area contributed by atoms with Gasteiger partial charge in [0.25, 0.3) is 17.4 Å². The summed E-state index contributed by atoms with van der Waals surface area (Å²) in [4.78, 5) is 47.6. The minimum absolute atomic E-state index is 0.0711. The zero-order chi connectivity index (χ0) is 32.2. The van der Waals surface area contributed by atoms with Gasteiger partial charge in [-0.2, -0.15) is 0 Å².